The number of nitrogens with one attached hydrogen (secondary N) is 1. The highest BCUT2D eigenvalue weighted by atomic mass is 19.4. The van der Waals surface area contributed by atoms with E-state index in [0.717, 1.165) is 4.90 Å². The minimum atomic E-state index is -4.96. The van der Waals surface area contributed by atoms with Gasteiger partial charge in [0.15, 0.2) is 0 Å². The van der Waals surface area contributed by atoms with Gasteiger partial charge in [-0.1, -0.05) is 0 Å². The molecule has 1 rings (SSSR count). The molecule has 1 amide bonds. The molecule has 17 heavy (non-hydrogen) atoms. The Morgan fingerprint density at radius 2 is 1.94 bits per heavy atom. The third-order valence-corrected chi connectivity index (χ3v) is 2.99. The number of amides is 1. The molecular formula is C10H17F3N2O2. The van der Waals surface area contributed by atoms with Crippen molar-refractivity contribution in [1.82, 2.24) is 10.2 Å². The van der Waals surface area contributed by atoms with E-state index in [4.69, 9.17) is 0 Å². The minimum absolute atomic E-state index is 0.0841. The Hall–Kier alpha value is -0.820. The zero-order valence-electron chi connectivity index (χ0n) is 10.0. The molecule has 4 nitrogen and oxygen atoms in total. The molecule has 0 radical (unpaired) electrons. The fraction of sp³-hybridized carbons (Fsp3) is 0.900. The second kappa shape index (κ2) is 4.45. The van der Waals surface area contributed by atoms with E-state index in [0.29, 0.717) is 13.5 Å². The van der Waals surface area contributed by atoms with E-state index >= 15 is 0 Å². The number of rotatable bonds is 1. The lowest BCUT2D eigenvalue weighted by molar-refractivity contribution is -0.251. The van der Waals surface area contributed by atoms with Crippen LogP contribution in [-0.2, 0) is 4.79 Å². The summed E-state index contributed by atoms with van der Waals surface area (Å²) < 4.78 is 37.6. The largest absolute Gasteiger partial charge is 0.426 e. The SMILES string of the molecule is CC1CN[C@H](C)CN1C(=O)[C@@](C)(O)C(F)(F)F. The van der Waals surface area contributed by atoms with E-state index in [1.807, 2.05) is 0 Å². The first kappa shape index (κ1) is 14.2. The summed E-state index contributed by atoms with van der Waals surface area (Å²) in [6, 6.07) is -0.452. The molecule has 0 aromatic rings. The Bertz CT molecular complexity index is 304. The maximum atomic E-state index is 12.5. The monoisotopic (exact) mass is 254 g/mol. The van der Waals surface area contributed by atoms with Crippen LogP contribution in [0.3, 0.4) is 0 Å². The average molecular weight is 254 g/mol. The summed E-state index contributed by atoms with van der Waals surface area (Å²) in [6.07, 6.45) is -4.96. The predicted molar refractivity (Wildman–Crippen MR) is 55.3 cm³/mol. The first-order chi connectivity index (χ1) is 7.57. The molecule has 0 spiro atoms. The van der Waals surface area contributed by atoms with Crippen molar-refractivity contribution in [1.29, 1.82) is 0 Å². The Balaban J connectivity index is 2.88. The maximum absolute atomic E-state index is 12.5. The van der Waals surface area contributed by atoms with Gasteiger partial charge in [-0.2, -0.15) is 13.2 Å². The van der Waals surface area contributed by atoms with Gasteiger partial charge in [-0.25, -0.2) is 0 Å². The standard InChI is InChI=1S/C10H17F3N2O2/c1-6-5-15(7(2)4-14-6)8(16)9(3,17)10(11,12)13/h6-7,14,17H,4-5H2,1-3H3/t6-,7?,9-/m1/s1. The average Bonchev–Trinajstić information content (AvgIpc) is 2.19. The number of nitrogens with zero attached hydrogens (tertiary/aromatic N) is 1. The highest BCUT2D eigenvalue weighted by molar-refractivity contribution is 5.86. The van der Waals surface area contributed by atoms with Crippen molar-refractivity contribution in [3.63, 3.8) is 0 Å². The van der Waals surface area contributed by atoms with Gasteiger partial charge in [-0.05, 0) is 20.8 Å². The van der Waals surface area contributed by atoms with Gasteiger partial charge in [0, 0.05) is 25.2 Å². The summed E-state index contributed by atoms with van der Waals surface area (Å²) in [7, 11) is 0. The Kier molecular flexibility index (Phi) is 3.73. The number of piperazine rings is 1. The van der Waals surface area contributed by atoms with Crippen molar-refractivity contribution in [2.45, 2.75) is 44.6 Å². The van der Waals surface area contributed by atoms with E-state index in [1.54, 1.807) is 13.8 Å². The number of halogens is 3. The quantitative estimate of drug-likeness (QED) is 0.717. The Morgan fingerprint density at radius 1 is 1.41 bits per heavy atom. The lowest BCUT2D eigenvalue weighted by Crippen LogP contribution is -2.63. The van der Waals surface area contributed by atoms with E-state index in [9.17, 15) is 23.1 Å². The zero-order valence-corrected chi connectivity index (χ0v) is 10.0. The molecule has 0 bridgehead atoms. The van der Waals surface area contributed by atoms with Gasteiger partial charge < -0.3 is 15.3 Å². The van der Waals surface area contributed by atoms with Crippen LogP contribution in [0.1, 0.15) is 20.8 Å². The first-order valence-corrected chi connectivity index (χ1v) is 5.41. The van der Waals surface area contributed by atoms with Crippen LogP contribution in [0.2, 0.25) is 0 Å². The summed E-state index contributed by atoms with van der Waals surface area (Å²) in [5.74, 6) is -1.29. The highest BCUT2D eigenvalue weighted by Crippen LogP contribution is 2.32. The van der Waals surface area contributed by atoms with Crippen LogP contribution < -0.4 is 5.32 Å². The molecule has 1 aliphatic heterocycles. The topological polar surface area (TPSA) is 52.6 Å². The molecule has 7 heteroatoms. The van der Waals surface area contributed by atoms with Crippen LogP contribution >= 0.6 is 0 Å². The molecule has 0 aromatic carbocycles. The van der Waals surface area contributed by atoms with Crippen LogP contribution in [0.25, 0.3) is 0 Å². The fourth-order valence-corrected chi connectivity index (χ4v) is 1.71. The van der Waals surface area contributed by atoms with Gasteiger partial charge in [0.2, 0.25) is 5.60 Å². The van der Waals surface area contributed by atoms with Crippen molar-refractivity contribution in [2.75, 3.05) is 13.1 Å². The van der Waals surface area contributed by atoms with E-state index < -0.39 is 17.7 Å². The molecule has 1 aliphatic rings. The molecule has 1 saturated heterocycles. The molecule has 0 aromatic heterocycles. The summed E-state index contributed by atoms with van der Waals surface area (Å²) in [6.45, 7) is 4.49. The third-order valence-electron chi connectivity index (χ3n) is 2.99. The normalized spacial score (nSPS) is 29.9. The van der Waals surface area contributed by atoms with E-state index in [1.165, 1.54) is 0 Å². The molecule has 0 saturated carbocycles. The number of carbonyl (C=O) groups is 1. The smallest absolute Gasteiger partial charge is 0.373 e. The molecule has 1 unspecified atom stereocenters. The number of hydrogen-bond donors (Lipinski definition) is 2. The fourth-order valence-electron chi connectivity index (χ4n) is 1.71. The lowest BCUT2D eigenvalue weighted by atomic mass is 10.0. The number of alkyl halides is 3. The molecule has 1 heterocycles. The summed E-state index contributed by atoms with van der Waals surface area (Å²) in [5.41, 5.74) is -3.32. The molecule has 0 aliphatic carbocycles. The van der Waals surface area contributed by atoms with Crippen molar-refractivity contribution < 1.29 is 23.1 Å². The van der Waals surface area contributed by atoms with Gasteiger partial charge in [-0.3, -0.25) is 4.79 Å². The van der Waals surface area contributed by atoms with Crippen LogP contribution in [0.4, 0.5) is 13.2 Å². The van der Waals surface area contributed by atoms with Crippen LogP contribution in [0.15, 0.2) is 0 Å². The van der Waals surface area contributed by atoms with Gasteiger partial charge >= 0.3 is 6.18 Å². The second-order valence-electron chi connectivity index (χ2n) is 4.69. The van der Waals surface area contributed by atoms with Crippen molar-refractivity contribution >= 4 is 5.91 Å². The van der Waals surface area contributed by atoms with Gasteiger partial charge in [0.25, 0.3) is 5.91 Å². The molecule has 3 atom stereocenters. The predicted octanol–water partition coefficient (Wildman–Crippen LogP) is 0.508. The van der Waals surface area contributed by atoms with E-state index in [-0.39, 0.29) is 18.6 Å². The van der Waals surface area contributed by atoms with Gasteiger partial charge in [-0.15, -0.1) is 0 Å². The van der Waals surface area contributed by atoms with Crippen LogP contribution in [0.5, 0.6) is 0 Å². The number of hydrogen-bond acceptors (Lipinski definition) is 3. The van der Waals surface area contributed by atoms with Crippen molar-refractivity contribution in [3.8, 4) is 0 Å². The number of carbonyl (C=O) groups excluding carboxylic acids is 1. The third kappa shape index (κ3) is 2.71. The van der Waals surface area contributed by atoms with Crippen LogP contribution in [-0.4, -0.2) is 52.9 Å². The summed E-state index contributed by atoms with van der Waals surface area (Å²) in [4.78, 5) is 12.8. The highest BCUT2D eigenvalue weighted by Gasteiger charge is 2.57. The maximum Gasteiger partial charge on any atom is 0.426 e. The molecule has 1 fully saturated rings. The first-order valence-electron chi connectivity index (χ1n) is 5.41. The van der Waals surface area contributed by atoms with Crippen molar-refractivity contribution in [2.24, 2.45) is 0 Å². The zero-order chi connectivity index (χ0) is 13.4. The van der Waals surface area contributed by atoms with E-state index in [2.05, 4.69) is 5.32 Å². The molecule has 2 N–H and O–H groups in total. The van der Waals surface area contributed by atoms with Crippen molar-refractivity contribution in [3.05, 3.63) is 0 Å². The summed E-state index contributed by atoms with van der Waals surface area (Å²) >= 11 is 0. The number of aliphatic hydroxyl groups is 1. The minimum Gasteiger partial charge on any atom is -0.373 e. The van der Waals surface area contributed by atoms with Gasteiger partial charge in [0.05, 0.1) is 0 Å². The Morgan fingerprint density at radius 3 is 2.41 bits per heavy atom. The molecule has 100 valence electrons. The summed E-state index contributed by atoms with van der Waals surface area (Å²) in [5, 5.41) is 12.4. The van der Waals surface area contributed by atoms with Crippen LogP contribution in [0, 0.1) is 0 Å². The van der Waals surface area contributed by atoms with Gasteiger partial charge in [0.1, 0.15) is 0 Å². The lowest BCUT2D eigenvalue weighted by Gasteiger charge is -2.41. The Labute approximate surface area is 97.8 Å². The molecular weight excluding hydrogens is 237 g/mol. The second-order valence-corrected chi connectivity index (χ2v) is 4.69.